The highest BCUT2D eigenvalue weighted by molar-refractivity contribution is 7.09. The molecule has 160 valence electrons. The smallest absolute Gasteiger partial charge is 0.255 e. The van der Waals surface area contributed by atoms with Gasteiger partial charge in [-0.3, -0.25) is 9.59 Å². The third-order valence-corrected chi connectivity index (χ3v) is 5.76. The Morgan fingerprint density at radius 2 is 1.74 bits per heavy atom. The lowest BCUT2D eigenvalue weighted by Gasteiger charge is -2.11. The largest absolute Gasteiger partial charge is 0.490 e. The van der Waals surface area contributed by atoms with E-state index in [1.807, 2.05) is 11.4 Å². The lowest BCUT2D eigenvalue weighted by atomic mass is 10.1. The molecule has 0 spiro atoms. The summed E-state index contributed by atoms with van der Waals surface area (Å²) in [5.41, 5.74) is 1.69. The molecule has 0 saturated carbocycles. The first-order valence-corrected chi connectivity index (χ1v) is 11.2. The van der Waals surface area contributed by atoms with E-state index in [4.69, 9.17) is 9.47 Å². The number of aryl methyl sites for hydroxylation is 1. The first kappa shape index (κ1) is 20.9. The normalized spacial score (nSPS) is 12.6. The molecule has 0 radical (unpaired) electrons. The summed E-state index contributed by atoms with van der Waals surface area (Å²) in [5, 5.41) is 7.79. The summed E-state index contributed by atoms with van der Waals surface area (Å²) < 4.78 is 11.3. The molecule has 0 unspecified atom stereocenters. The van der Waals surface area contributed by atoms with Crippen LogP contribution in [-0.4, -0.2) is 25.0 Å². The number of thiophene rings is 1. The van der Waals surface area contributed by atoms with Crippen LogP contribution in [0.4, 0.5) is 11.4 Å². The van der Waals surface area contributed by atoms with E-state index in [0.717, 1.165) is 19.3 Å². The highest BCUT2D eigenvalue weighted by Crippen LogP contribution is 2.32. The number of nitrogens with one attached hydrogen (secondary N) is 2. The number of hydrogen-bond donors (Lipinski definition) is 2. The van der Waals surface area contributed by atoms with Crippen molar-refractivity contribution in [2.45, 2.75) is 25.7 Å². The van der Waals surface area contributed by atoms with Crippen LogP contribution in [0.25, 0.3) is 0 Å². The fraction of sp³-hybridized carbons (Fsp3) is 0.250. The Balaban J connectivity index is 1.33. The predicted octanol–water partition coefficient (Wildman–Crippen LogP) is 5.12. The van der Waals surface area contributed by atoms with E-state index in [1.54, 1.807) is 53.8 Å². The molecule has 3 aromatic rings. The van der Waals surface area contributed by atoms with Gasteiger partial charge in [-0.1, -0.05) is 12.1 Å². The standard InChI is InChI=1S/C24H24N2O4S/c27-23(9-2-7-20-8-3-14-31-20)25-18-6-1-5-17(15-18)24(28)26-19-10-11-21-22(16-19)30-13-4-12-29-21/h1,3,5-6,8,10-11,14-16H,2,4,7,9,12-13H2,(H,25,27)(H,26,28). The average molecular weight is 437 g/mol. The summed E-state index contributed by atoms with van der Waals surface area (Å²) in [5.74, 6) is 0.985. The molecule has 31 heavy (non-hydrogen) atoms. The SMILES string of the molecule is O=C(CCCc1cccs1)Nc1cccc(C(=O)Nc2ccc3c(c2)OCCCO3)c1. The summed E-state index contributed by atoms with van der Waals surface area (Å²) in [6.07, 6.45) is 2.94. The molecule has 1 aromatic heterocycles. The van der Waals surface area contributed by atoms with Crippen LogP contribution in [-0.2, 0) is 11.2 Å². The van der Waals surface area contributed by atoms with Gasteiger partial charge in [0.2, 0.25) is 5.91 Å². The summed E-state index contributed by atoms with van der Waals surface area (Å²) in [6.45, 7) is 1.20. The lowest BCUT2D eigenvalue weighted by molar-refractivity contribution is -0.116. The van der Waals surface area contributed by atoms with Crippen molar-refractivity contribution in [3.8, 4) is 11.5 Å². The van der Waals surface area contributed by atoms with Gasteiger partial charge in [0.25, 0.3) is 5.91 Å². The molecule has 1 aliphatic rings. The maximum atomic E-state index is 12.7. The van der Waals surface area contributed by atoms with E-state index in [-0.39, 0.29) is 11.8 Å². The zero-order chi connectivity index (χ0) is 21.5. The monoisotopic (exact) mass is 436 g/mol. The fourth-order valence-corrected chi connectivity index (χ4v) is 4.04. The molecule has 4 rings (SSSR count). The van der Waals surface area contributed by atoms with Crippen LogP contribution in [0.3, 0.4) is 0 Å². The highest BCUT2D eigenvalue weighted by atomic mass is 32.1. The zero-order valence-corrected chi connectivity index (χ0v) is 17.9. The van der Waals surface area contributed by atoms with Crippen molar-refractivity contribution in [2.75, 3.05) is 23.8 Å². The zero-order valence-electron chi connectivity index (χ0n) is 17.1. The number of rotatable bonds is 7. The first-order chi connectivity index (χ1) is 15.2. The van der Waals surface area contributed by atoms with Crippen molar-refractivity contribution in [3.05, 3.63) is 70.4 Å². The first-order valence-electron chi connectivity index (χ1n) is 10.3. The second-order valence-corrected chi connectivity index (χ2v) is 8.26. The molecule has 0 saturated heterocycles. The van der Waals surface area contributed by atoms with Crippen LogP contribution in [0.1, 0.15) is 34.5 Å². The molecule has 1 aliphatic heterocycles. The Bertz CT molecular complexity index is 1050. The van der Waals surface area contributed by atoms with Gasteiger partial charge in [0.05, 0.1) is 13.2 Å². The number of fused-ring (bicyclic) bond motifs is 1. The summed E-state index contributed by atoms with van der Waals surface area (Å²) in [6, 6.07) is 16.4. The Kier molecular flexibility index (Phi) is 6.84. The fourth-order valence-electron chi connectivity index (χ4n) is 3.28. The molecular formula is C24H24N2O4S. The van der Waals surface area contributed by atoms with Crippen molar-refractivity contribution in [1.29, 1.82) is 0 Å². The summed E-state index contributed by atoms with van der Waals surface area (Å²) in [7, 11) is 0. The van der Waals surface area contributed by atoms with E-state index in [9.17, 15) is 9.59 Å². The van der Waals surface area contributed by atoms with Crippen molar-refractivity contribution in [1.82, 2.24) is 0 Å². The number of ether oxygens (including phenoxy) is 2. The molecule has 2 heterocycles. The van der Waals surface area contributed by atoms with Gasteiger partial charge in [0.15, 0.2) is 11.5 Å². The maximum Gasteiger partial charge on any atom is 0.255 e. The maximum absolute atomic E-state index is 12.7. The average Bonchev–Trinajstić information content (AvgIpc) is 3.17. The second-order valence-electron chi connectivity index (χ2n) is 7.23. The minimum absolute atomic E-state index is 0.0583. The molecule has 6 nitrogen and oxygen atoms in total. The Morgan fingerprint density at radius 3 is 2.58 bits per heavy atom. The minimum atomic E-state index is -0.261. The van der Waals surface area contributed by atoms with Gasteiger partial charge >= 0.3 is 0 Å². The number of anilines is 2. The number of benzene rings is 2. The Hall–Kier alpha value is -3.32. The Labute approximate surface area is 185 Å². The molecule has 0 aliphatic carbocycles. The molecule has 2 aromatic carbocycles. The predicted molar refractivity (Wildman–Crippen MR) is 122 cm³/mol. The third-order valence-electron chi connectivity index (χ3n) is 4.82. The summed E-state index contributed by atoms with van der Waals surface area (Å²) in [4.78, 5) is 26.2. The van der Waals surface area contributed by atoms with Crippen molar-refractivity contribution < 1.29 is 19.1 Å². The highest BCUT2D eigenvalue weighted by Gasteiger charge is 2.13. The van der Waals surface area contributed by atoms with Crippen LogP contribution in [0, 0.1) is 0 Å². The van der Waals surface area contributed by atoms with Crippen molar-refractivity contribution in [2.24, 2.45) is 0 Å². The molecular weight excluding hydrogens is 412 g/mol. The summed E-state index contributed by atoms with van der Waals surface area (Å²) >= 11 is 1.70. The van der Waals surface area contributed by atoms with E-state index < -0.39 is 0 Å². The van der Waals surface area contributed by atoms with Crippen LogP contribution < -0.4 is 20.1 Å². The molecule has 2 N–H and O–H groups in total. The molecule has 0 fully saturated rings. The third kappa shape index (κ3) is 5.86. The van der Waals surface area contributed by atoms with Crippen molar-refractivity contribution >= 4 is 34.5 Å². The topological polar surface area (TPSA) is 76.7 Å². The van der Waals surface area contributed by atoms with Crippen LogP contribution >= 0.6 is 11.3 Å². The molecule has 0 atom stereocenters. The number of carbonyl (C=O) groups is 2. The van der Waals surface area contributed by atoms with Crippen LogP contribution in [0.5, 0.6) is 11.5 Å². The van der Waals surface area contributed by atoms with Gasteiger partial charge < -0.3 is 20.1 Å². The Morgan fingerprint density at radius 1 is 0.903 bits per heavy atom. The van der Waals surface area contributed by atoms with Gasteiger partial charge in [-0.2, -0.15) is 0 Å². The van der Waals surface area contributed by atoms with Gasteiger partial charge in [-0.15, -0.1) is 11.3 Å². The van der Waals surface area contributed by atoms with Gasteiger partial charge in [-0.05, 0) is 54.6 Å². The van der Waals surface area contributed by atoms with Crippen LogP contribution in [0.2, 0.25) is 0 Å². The molecule has 0 bridgehead atoms. The second kappa shape index (κ2) is 10.1. The van der Waals surface area contributed by atoms with E-state index in [0.29, 0.717) is 48.1 Å². The van der Waals surface area contributed by atoms with Gasteiger partial charge in [0, 0.05) is 40.7 Å². The quantitative estimate of drug-likeness (QED) is 0.539. The number of hydrogen-bond acceptors (Lipinski definition) is 5. The van der Waals surface area contributed by atoms with E-state index >= 15 is 0 Å². The minimum Gasteiger partial charge on any atom is -0.490 e. The van der Waals surface area contributed by atoms with Gasteiger partial charge in [0.1, 0.15) is 0 Å². The van der Waals surface area contributed by atoms with E-state index in [1.165, 1.54) is 4.88 Å². The number of carbonyl (C=O) groups excluding carboxylic acids is 2. The lowest BCUT2D eigenvalue weighted by Crippen LogP contribution is -2.14. The van der Waals surface area contributed by atoms with Crippen molar-refractivity contribution in [3.63, 3.8) is 0 Å². The van der Waals surface area contributed by atoms with E-state index in [2.05, 4.69) is 16.7 Å². The molecule has 2 amide bonds. The number of amides is 2. The molecule has 7 heteroatoms. The van der Waals surface area contributed by atoms with Crippen LogP contribution in [0.15, 0.2) is 60.0 Å². The van der Waals surface area contributed by atoms with Gasteiger partial charge in [-0.25, -0.2) is 0 Å².